The predicted molar refractivity (Wildman–Crippen MR) is 587 cm³/mol. The number of fused-ring (bicyclic) bond motifs is 18. The van der Waals surface area contributed by atoms with Crippen LogP contribution in [-0.2, 0) is 54.7 Å². The van der Waals surface area contributed by atoms with E-state index >= 15 is 0 Å². The Labute approximate surface area is 864 Å². The fraction of sp³-hybridized carbons (Fsp3) is 0.269. The Morgan fingerprint density at radius 3 is 1.30 bits per heavy atom. The summed E-state index contributed by atoms with van der Waals surface area (Å²) in [5.41, 5.74) is 31.0. The van der Waals surface area contributed by atoms with Crippen molar-refractivity contribution in [3.63, 3.8) is 0 Å². The number of nitrogens with zero attached hydrogens (tertiary/aromatic N) is 3. The van der Waals surface area contributed by atoms with Gasteiger partial charge in [0.2, 0.25) is 5.91 Å². The number of H-pyrrole nitrogens is 6. The SMILES string of the molecule is CC(=O)Nc1ccc(C2NCCc3c2[nH]c2ccc(Cl)cc32)cc1.CCC1NCCc2c1[nH]c1ccc(Cl)cc21.CN(C)c1ccc(C2NCCc3c2[nH]c2ccc(Cl)cc32)cc1.COC(=O)N1CCc2c([nH]c3ccc(OCc4ccccc4)cc23)C1c1ccccc1.COc1ccc(C2c3[nH]c4ccccc4c3CCN2C(=O)NC2CCCCC2)cc1.Oc1ccc(C2NCCc3c2[nH]c2ccc(Cl)cc32)cc1. The van der Waals surface area contributed by atoms with E-state index in [-0.39, 0.29) is 48.2 Å². The monoisotopic (exact) mass is 2010 g/mol. The second-order valence-electron chi connectivity index (χ2n) is 38.5. The molecule has 4 amide bonds. The Hall–Kier alpha value is -13.9. The Morgan fingerprint density at radius 1 is 0.407 bits per heavy atom. The number of aromatic amines is 6. The molecule has 1 saturated carbocycles. The zero-order chi connectivity index (χ0) is 99.9. The van der Waals surface area contributed by atoms with Crippen LogP contribution < -0.4 is 46.3 Å². The molecule has 26 heteroatoms. The molecule has 7 aliphatic rings. The highest BCUT2D eigenvalue weighted by Crippen LogP contribution is 2.45. The van der Waals surface area contributed by atoms with E-state index in [2.05, 4.69) is 221 Å². The van der Waals surface area contributed by atoms with Crippen LogP contribution in [0.25, 0.3) is 65.4 Å². The second kappa shape index (κ2) is 44.3. The lowest BCUT2D eigenvalue weighted by atomic mass is 9.92. The minimum Gasteiger partial charge on any atom is -0.508 e. The Balaban J connectivity index is 0.000000107. The quantitative estimate of drug-likeness (QED) is 0.0514. The van der Waals surface area contributed by atoms with Crippen LogP contribution in [0.2, 0.25) is 20.1 Å². The van der Waals surface area contributed by atoms with Crippen molar-refractivity contribution in [1.82, 2.24) is 66.3 Å². The number of rotatable bonds is 13. The van der Waals surface area contributed by atoms with Gasteiger partial charge in [0.25, 0.3) is 0 Å². The lowest BCUT2D eigenvalue weighted by molar-refractivity contribution is -0.114. The summed E-state index contributed by atoms with van der Waals surface area (Å²) >= 11 is 24.5. The standard InChI is InChI=1S/C26H24N2O3.C25H29N3O2.C19H18ClN3O.C19H20ClN3.C17H15ClN2O.C13H15ClN2/c1-30-26(29)28-15-14-21-22-16-20(31-17-18-8-4-2-5-9-18)12-13-23(22)27-24(21)25(28)19-10-6-3-7-11-19;1-30-19-13-11-17(12-14-19)24-23-21(20-9-5-6-10-22(20)27-23)15-16-28(24)25(29)26-18-7-3-2-4-8-18;1-11(24)22-14-5-2-12(3-6-14)18-19-15(8-9-21-18)16-10-13(20)4-7-17(16)23-19;1-23(2)14-6-3-12(4-7-14)18-19-15(9-10-21-18)16-11-13(20)5-8-17(16)22-19;18-11-3-6-15-14(9-11)13-7-8-19-16(17(13)20-15)10-1-4-12(21)5-2-10;1-2-11-13-9(5-6-15-11)10-7-8(14)3-4-12(10)16-13/h2-13,16,25,27H,14-15,17H2,1H3;5-6,9-14,18,24,27H,2-4,7-8,15-16H2,1H3,(H,26,29);2-7,10,18,21,23H,8-9H2,1H3,(H,22,24);3-8,11,18,21-22H,9-10H2,1-2H3;1-6,9,16,19-21H,7-8H2;3-4,7,11,15-16H,2,5-6H2,1H3. The number of amides is 4. The van der Waals surface area contributed by atoms with Gasteiger partial charge in [-0.05, 0) is 277 Å². The summed E-state index contributed by atoms with van der Waals surface area (Å²) in [6, 6.07) is 92.1. The van der Waals surface area contributed by atoms with Gasteiger partial charge >= 0.3 is 12.1 Å². The zero-order valence-electron chi connectivity index (χ0n) is 82.2. The highest BCUT2D eigenvalue weighted by Gasteiger charge is 2.39. The maximum atomic E-state index is 13.4. The largest absolute Gasteiger partial charge is 0.508 e. The first-order chi connectivity index (χ1) is 70.7. The molecule has 18 aromatic rings. The molecule has 1 aliphatic carbocycles. The molecule has 25 rings (SSSR count). The topological polar surface area (TPSA) is 276 Å². The van der Waals surface area contributed by atoms with Crippen LogP contribution in [0.3, 0.4) is 0 Å². The molecule has 12 aromatic carbocycles. The summed E-state index contributed by atoms with van der Waals surface area (Å²) in [5.74, 6) is 1.89. The summed E-state index contributed by atoms with van der Waals surface area (Å²) in [6.45, 7) is 9.46. The van der Waals surface area contributed by atoms with Crippen LogP contribution in [0.1, 0.15) is 190 Å². The molecule has 0 radical (unpaired) electrons. The number of anilines is 2. The fourth-order valence-corrected chi connectivity index (χ4v) is 22.9. The third kappa shape index (κ3) is 21.5. The van der Waals surface area contributed by atoms with Crippen molar-refractivity contribution in [2.45, 2.75) is 140 Å². The molecule has 13 N–H and O–H groups in total. The number of carbonyl (C=O) groups excluding carboxylic acids is 3. The third-order valence-corrected chi connectivity index (χ3v) is 30.2. The van der Waals surface area contributed by atoms with Gasteiger partial charge in [-0.2, -0.15) is 0 Å². The lowest BCUT2D eigenvalue weighted by Crippen LogP contribution is -2.49. The number of nitrogens with one attached hydrogen (secondary N) is 12. The molecule has 6 unspecified atom stereocenters. The molecule has 0 bridgehead atoms. The second-order valence-corrected chi connectivity index (χ2v) is 40.2. The van der Waals surface area contributed by atoms with E-state index in [0.29, 0.717) is 37.5 Å². The maximum Gasteiger partial charge on any atom is 0.410 e. The molecule has 12 heterocycles. The van der Waals surface area contributed by atoms with Crippen LogP contribution in [0, 0.1) is 0 Å². The average Bonchev–Trinajstić information content (AvgIpc) is 1.59. The number of halogens is 4. The summed E-state index contributed by atoms with van der Waals surface area (Å²) < 4.78 is 16.5. The number of hydrogen-bond acceptors (Lipinski definition) is 12. The van der Waals surface area contributed by atoms with Gasteiger partial charge in [0.05, 0.1) is 38.4 Å². The minimum atomic E-state index is -0.315. The molecule has 6 aliphatic heterocycles. The Morgan fingerprint density at radius 2 is 0.807 bits per heavy atom. The van der Waals surface area contributed by atoms with Crippen molar-refractivity contribution < 1.29 is 33.7 Å². The van der Waals surface area contributed by atoms with E-state index in [4.69, 9.17) is 60.6 Å². The predicted octanol–water partition coefficient (Wildman–Crippen LogP) is 25.9. The highest BCUT2D eigenvalue weighted by molar-refractivity contribution is 6.32. The van der Waals surface area contributed by atoms with E-state index in [1.165, 1.54) is 139 Å². The van der Waals surface area contributed by atoms with Crippen LogP contribution in [-0.4, -0.2) is 136 Å². The molecule has 145 heavy (non-hydrogen) atoms. The summed E-state index contributed by atoms with van der Waals surface area (Å²) in [4.78, 5) is 64.4. The van der Waals surface area contributed by atoms with E-state index in [0.717, 1.165) is 188 Å². The van der Waals surface area contributed by atoms with Gasteiger partial charge in [0, 0.05) is 197 Å². The van der Waals surface area contributed by atoms with Crippen molar-refractivity contribution >= 4 is 141 Å². The molecular formula is C119H121Cl4N15O7. The number of aromatic hydroxyl groups is 1. The van der Waals surface area contributed by atoms with Gasteiger partial charge in [-0.25, -0.2) is 9.59 Å². The number of hydrogen-bond donors (Lipinski definition) is 13. The van der Waals surface area contributed by atoms with Crippen LogP contribution in [0.4, 0.5) is 21.0 Å². The third-order valence-electron chi connectivity index (χ3n) is 29.2. The summed E-state index contributed by atoms with van der Waals surface area (Å²) in [5, 5.41) is 40.4. The van der Waals surface area contributed by atoms with Gasteiger partial charge in [0.1, 0.15) is 29.9 Å². The smallest absolute Gasteiger partial charge is 0.410 e. The van der Waals surface area contributed by atoms with Crippen molar-refractivity contribution in [3.8, 4) is 17.2 Å². The number of urea groups is 1. The van der Waals surface area contributed by atoms with Crippen LogP contribution >= 0.6 is 46.4 Å². The molecular weight excluding hydrogens is 1890 g/mol. The van der Waals surface area contributed by atoms with Gasteiger partial charge in [-0.1, -0.05) is 200 Å². The number of ether oxygens (including phenoxy) is 3. The molecule has 22 nitrogen and oxygen atoms in total. The number of para-hydroxylation sites is 1. The number of phenolic OH excluding ortho intramolecular Hbond substituents is 1. The van der Waals surface area contributed by atoms with E-state index in [1.807, 2.05) is 132 Å². The fourth-order valence-electron chi connectivity index (χ4n) is 22.2. The summed E-state index contributed by atoms with van der Waals surface area (Å²) in [7, 11) is 7.23. The Bertz CT molecular complexity index is 7640. The normalized spacial score (nSPS) is 17.7. The van der Waals surface area contributed by atoms with Crippen LogP contribution in [0.5, 0.6) is 17.2 Å². The Kier molecular flexibility index (Phi) is 30.1. The lowest BCUT2D eigenvalue weighted by Gasteiger charge is -2.37. The van der Waals surface area contributed by atoms with E-state index in [9.17, 15) is 19.5 Å². The first kappa shape index (κ1) is 98.5. The van der Waals surface area contributed by atoms with Gasteiger partial charge < -0.3 is 90.9 Å². The van der Waals surface area contributed by atoms with Crippen molar-refractivity contribution in [3.05, 3.63) is 394 Å². The molecule has 6 atom stereocenters. The van der Waals surface area contributed by atoms with E-state index in [1.54, 1.807) is 24.1 Å². The van der Waals surface area contributed by atoms with Crippen LogP contribution in [0.15, 0.2) is 273 Å². The van der Waals surface area contributed by atoms with Gasteiger partial charge in [-0.3, -0.25) is 9.69 Å². The molecule has 0 spiro atoms. The number of carbonyl (C=O) groups is 3. The molecule has 6 aromatic heterocycles. The minimum absolute atomic E-state index is 0.0482. The van der Waals surface area contributed by atoms with Gasteiger partial charge in [-0.15, -0.1) is 0 Å². The highest BCUT2D eigenvalue weighted by atomic mass is 35.5. The van der Waals surface area contributed by atoms with Crippen molar-refractivity contribution in [2.75, 3.05) is 77.8 Å². The van der Waals surface area contributed by atoms with Crippen molar-refractivity contribution in [2.24, 2.45) is 0 Å². The van der Waals surface area contributed by atoms with Gasteiger partial charge in [0.15, 0.2) is 0 Å². The number of aromatic nitrogens is 6. The number of methoxy groups -OCH3 is 2. The number of phenols is 1. The molecule has 1 fully saturated rings. The molecule has 742 valence electrons. The van der Waals surface area contributed by atoms with Crippen molar-refractivity contribution in [1.29, 1.82) is 0 Å². The first-order valence-corrected chi connectivity index (χ1v) is 51.8. The average molecular weight is 2020 g/mol. The zero-order valence-corrected chi connectivity index (χ0v) is 85.2. The maximum absolute atomic E-state index is 13.4. The summed E-state index contributed by atoms with van der Waals surface area (Å²) in [6.07, 6.45) is 12.4. The number of benzene rings is 12. The van der Waals surface area contributed by atoms with E-state index < -0.39 is 0 Å². The first-order valence-electron chi connectivity index (χ1n) is 50.3. The molecule has 0 saturated heterocycles.